The molecule has 6 nitrogen and oxygen atoms in total. The van der Waals surface area contributed by atoms with Crippen molar-refractivity contribution in [3.8, 4) is 0 Å². The lowest BCUT2D eigenvalue weighted by Crippen LogP contribution is -2.62. The fraction of sp³-hybridized carbons (Fsp3) is 0.941. The second-order valence-corrected chi connectivity index (χ2v) is 7.01. The Labute approximate surface area is 163 Å². The van der Waals surface area contributed by atoms with Gasteiger partial charge in [-0.05, 0) is 32.1 Å². The van der Waals surface area contributed by atoms with Gasteiger partial charge in [-0.2, -0.15) is 0 Å². The summed E-state index contributed by atoms with van der Waals surface area (Å²) in [5.41, 5.74) is 0. The third-order valence-corrected chi connectivity index (χ3v) is 5.00. The first kappa shape index (κ1) is 20.2. The lowest BCUT2D eigenvalue weighted by Gasteiger charge is -2.47. The summed E-state index contributed by atoms with van der Waals surface area (Å²) in [6.07, 6.45) is 3.77. The normalized spacial score (nSPS) is 29.2. The summed E-state index contributed by atoms with van der Waals surface area (Å²) >= 11 is 0. The van der Waals surface area contributed by atoms with E-state index in [1.807, 2.05) is 0 Å². The number of nitrogens with one attached hydrogen (secondary N) is 2. The van der Waals surface area contributed by atoms with Crippen LogP contribution in [0.15, 0.2) is 4.99 Å². The predicted molar refractivity (Wildman–Crippen MR) is 109 cm³/mol. The summed E-state index contributed by atoms with van der Waals surface area (Å²) in [6, 6.07) is 0.592. The van der Waals surface area contributed by atoms with Gasteiger partial charge >= 0.3 is 0 Å². The first-order chi connectivity index (χ1) is 11.3. The van der Waals surface area contributed by atoms with Crippen LogP contribution < -0.4 is 10.6 Å². The molecule has 0 spiro atoms. The van der Waals surface area contributed by atoms with Crippen molar-refractivity contribution < 1.29 is 4.74 Å². The highest BCUT2D eigenvalue weighted by Crippen LogP contribution is 2.28. The van der Waals surface area contributed by atoms with Crippen LogP contribution in [0.25, 0.3) is 0 Å². The molecule has 1 saturated carbocycles. The first-order valence-electron chi connectivity index (χ1n) is 9.41. The zero-order chi connectivity index (χ0) is 15.9. The SMILES string of the molecule is CCNC(=NCC1CN2CCN1CC2)NCCCOCC1CC1.I. The molecule has 1 unspecified atom stereocenters. The van der Waals surface area contributed by atoms with E-state index in [-0.39, 0.29) is 24.0 Å². The van der Waals surface area contributed by atoms with Gasteiger partial charge in [-0.1, -0.05) is 0 Å². The second-order valence-electron chi connectivity index (χ2n) is 7.01. The number of hydrogen-bond donors (Lipinski definition) is 2. The Bertz CT molecular complexity index is 383. The van der Waals surface area contributed by atoms with Gasteiger partial charge in [0, 0.05) is 65.1 Å². The molecule has 4 aliphatic rings. The fourth-order valence-electron chi connectivity index (χ4n) is 3.35. The van der Waals surface area contributed by atoms with Crippen LogP contribution in [0.1, 0.15) is 26.2 Å². The van der Waals surface area contributed by atoms with E-state index in [1.165, 1.54) is 45.6 Å². The summed E-state index contributed by atoms with van der Waals surface area (Å²) in [6.45, 7) is 12.7. The van der Waals surface area contributed by atoms with Crippen molar-refractivity contribution in [2.75, 3.05) is 65.6 Å². The molecule has 140 valence electrons. The van der Waals surface area contributed by atoms with Crippen LogP contribution in [-0.2, 0) is 4.74 Å². The second kappa shape index (κ2) is 10.8. The molecule has 1 aliphatic carbocycles. The number of piperazine rings is 3. The summed E-state index contributed by atoms with van der Waals surface area (Å²) in [4.78, 5) is 9.96. The zero-order valence-electron chi connectivity index (χ0n) is 15.0. The van der Waals surface area contributed by atoms with Crippen molar-refractivity contribution in [3.63, 3.8) is 0 Å². The number of rotatable bonds is 9. The number of hydrogen-bond acceptors (Lipinski definition) is 4. The predicted octanol–water partition coefficient (Wildman–Crippen LogP) is 0.976. The monoisotopic (exact) mass is 451 g/mol. The Morgan fingerprint density at radius 2 is 1.96 bits per heavy atom. The minimum Gasteiger partial charge on any atom is -0.381 e. The Kier molecular flexibility index (Phi) is 9.07. The van der Waals surface area contributed by atoms with Gasteiger partial charge < -0.3 is 15.4 Å². The van der Waals surface area contributed by atoms with Crippen LogP contribution in [0, 0.1) is 5.92 Å². The minimum absolute atomic E-state index is 0. The average molecular weight is 451 g/mol. The molecule has 1 atom stereocenters. The number of fused-ring (bicyclic) bond motifs is 3. The molecule has 7 heteroatoms. The lowest BCUT2D eigenvalue weighted by atomic mass is 10.1. The van der Waals surface area contributed by atoms with Gasteiger partial charge in [-0.3, -0.25) is 14.8 Å². The third kappa shape index (κ3) is 6.65. The number of ether oxygens (including phenoxy) is 1. The fourth-order valence-corrected chi connectivity index (χ4v) is 3.35. The van der Waals surface area contributed by atoms with E-state index >= 15 is 0 Å². The summed E-state index contributed by atoms with van der Waals surface area (Å²) in [5.74, 6) is 1.81. The molecule has 0 amide bonds. The molecular weight excluding hydrogens is 417 g/mol. The number of guanidine groups is 1. The minimum atomic E-state index is 0. The number of nitrogens with zero attached hydrogens (tertiary/aromatic N) is 3. The molecule has 3 aliphatic heterocycles. The Hall–Kier alpha value is -0.120. The zero-order valence-corrected chi connectivity index (χ0v) is 17.3. The summed E-state index contributed by atoms with van der Waals surface area (Å²) in [7, 11) is 0. The van der Waals surface area contributed by atoms with Gasteiger partial charge in [0.1, 0.15) is 0 Å². The van der Waals surface area contributed by atoms with E-state index in [0.717, 1.165) is 51.1 Å². The van der Waals surface area contributed by atoms with Crippen molar-refractivity contribution >= 4 is 29.9 Å². The first-order valence-corrected chi connectivity index (χ1v) is 9.41. The maximum atomic E-state index is 5.68. The molecule has 4 fully saturated rings. The highest BCUT2D eigenvalue weighted by molar-refractivity contribution is 14.0. The molecule has 0 aromatic carbocycles. The number of halogens is 1. The van der Waals surface area contributed by atoms with Crippen molar-refractivity contribution in [3.05, 3.63) is 0 Å². The van der Waals surface area contributed by atoms with Gasteiger partial charge in [-0.15, -0.1) is 24.0 Å². The van der Waals surface area contributed by atoms with Gasteiger partial charge in [0.25, 0.3) is 0 Å². The van der Waals surface area contributed by atoms with Crippen LogP contribution in [0.3, 0.4) is 0 Å². The molecule has 0 aromatic rings. The molecule has 2 N–H and O–H groups in total. The third-order valence-electron chi connectivity index (χ3n) is 5.00. The molecule has 3 saturated heterocycles. The lowest BCUT2D eigenvalue weighted by molar-refractivity contribution is 0.0174. The van der Waals surface area contributed by atoms with Crippen LogP contribution in [-0.4, -0.2) is 87.4 Å². The summed E-state index contributed by atoms with van der Waals surface area (Å²) in [5, 5.41) is 6.79. The van der Waals surface area contributed by atoms with Gasteiger partial charge in [0.05, 0.1) is 6.54 Å². The van der Waals surface area contributed by atoms with E-state index < -0.39 is 0 Å². The van der Waals surface area contributed by atoms with E-state index in [4.69, 9.17) is 9.73 Å². The van der Waals surface area contributed by atoms with Gasteiger partial charge in [0.2, 0.25) is 0 Å². The van der Waals surface area contributed by atoms with Crippen molar-refractivity contribution in [1.82, 2.24) is 20.4 Å². The van der Waals surface area contributed by atoms with E-state index in [9.17, 15) is 0 Å². The van der Waals surface area contributed by atoms with E-state index in [1.54, 1.807) is 0 Å². The van der Waals surface area contributed by atoms with E-state index in [0.29, 0.717) is 6.04 Å². The molecular formula is C17H34IN5O. The molecule has 0 aromatic heterocycles. The Morgan fingerprint density at radius 1 is 1.17 bits per heavy atom. The van der Waals surface area contributed by atoms with E-state index in [2.05, 4.69) is 27.4 Å². The van der Waals surface area contributed by atoms with Crippen molar-refractivity contribution in [1.29, 1.82) is 0 Å². The number of aliphatic imine (C=N–C) groups is 1. The van der Waals surface area contributed by atoms with Crippen molar-refractivity contribution in [2.45, 2.75) is 32.2 Å². The van der Waals surface area contributed by atoms with Crippen LogP contribution >= 0.6 is 24.0 Å². The Morgan fingerprint density at radius 3 is 2.58 bits per heavy atom. The summed E-state index contributed by atoms with van der Waals surface area (Å²) < 4.78 is 5.68. The smallest absolute Gasteiger partial charge is 0.191 e. The van der Waals surface area contributed by atoms with Gasteiger partial charge in [0.15, 0.2) is 5.96 Å². The molecule has 24 heavy (non-hydrogen) atoms. The highest BCUT2D eigenvalue weighted by Gasteiger charge is 2.31. The molecule has 4 rings (SSSR count). The van der Waals surface area contributed by atoms with Crippen LogP contribution in [0.5, 0.6) is 0 Å². The van der Waals surface area contributed by atoms with Gasteiger partial charge in [-0.25, -0.2) is 0 Å². The van der Waals surface area contributed by atoms with Crippen LogP contribution in [0.4, 0.5) is 0 Å². The molecule has 2 bridgehead atoms. The maximum Gasteiger partial charge on any atom is 0.191 e. The highest BCUT2D eigenvalue weighted by atomic mass is 127. The topological polar surface area (TPSA) is 52.1 Å². The van der Waals surface area contributed by atoms with Crippen molar-refractivity contribution in [2.24, 2.45) is 10.9 Å². The largest absolute Gasteiger partial charge is 0.381 e. The quantitative estimate of drug-likeness (QED) is 0.237. The maximum absolute atomic E-state index is 5.68. The molecule has 3 heterocycles. The Balaban J connectivity index is 0.00000208. The average Bonchev–Trinajstić information content (AvgIpc) is 3.41. The standard InChI is InChI=1S/C17H33N5O.HI/c1-2-18-17(19-6-3-11-23-14-15-4-5-15)20-12-16-13-21-7-9-22(16)10-8-21;/h15-16H,2-14H2,1H3,(H2,18,19,20);1H. The van der Waals surface area contributed by atoms with Crippen LogP contribution in [0.2, 0.25) is 0 Å². The molecule has 0 radical (unpaired) electrons.